The number of nitro groups is 1. The molecule has 2 heterocycles. The summed E-state index contributed by atoms with van der Waals surface area (Å²) in [7, 11) is 0. The minimum absolute atomic E-state index is 0.0860. The number of fused-ring (bicyclic) bond motifs is 6. The van der Waals surface area contributed by atoms with Crippen LogP contribution in [-0.4, -0.2) is 4.92 Å². The van der Waals surface area contributed by atoms with Crippen molar-refractivity contribution in [2.24, 2.45) is 0 Å². The first-order chi connectivity index (χ1) is 14.2. The molecule has 0 bridgehead atoms. The van der Waals surface area contributed by atoms with Gasteiger partial charge in [0.15, 0.2) is 0 Å². The van der Waals surface area contributed by atoms with Crippen LogP contribution in [0.2, 0.25) is 0 Å². The van der Waals surface area contributed by atoms with Crippen molar-refractivity contribution in [2.45, 2.75) is 0 Å². The van der Waals surface area contributed by atoms with Crippen LogP contribution in [0.4, 0.5) is 5.69 Å². The van der Waals surface area contributed by atoms with Gasteiger partial charge in [0.25, 0.3) is 5.69 Å². The highest BCUT2D eigenvalue weighted by Gasteiger charge is 2.17. The Morgan fingerprint density at radius 3 is 2.10 bits per heavy atom. The lowest BCUT2D eigenvalue weighted by atomic mass is 10.0. The van der Waals surface area contributed by atoms with Crippen LogP contribution < -0.4 is 0 Å². The molecule has 138 valence electrons. The zero-order valence-corrected chi connectivity index (χ0v) is 15.1. The van der Waals surface area contributed by atoms with Gasteiger partial charge in [-0.2, -0.15) is 0 Å². The first-order valence-corrected chi connectivity index (χ1v) is 9.20. The number of nitro benzene ring substituents is 1. The molecule has 0 aliphatic rings. The molecule has 0 saturated heterocycles. The van der Waals surface area contributed by atoms with Crippen LogP contribution >= 0.6 is 0 Å². The van der Waals surface area contributed by atoms with E-state index >= 15 is 0 Å². The lowest BCUT2D eigenvalue weighted by molar-refractivity contribution is -0.384. The van der Waals surface area contributed by atoms with Crippen LogP contribution in [0.15, 0.2) is 87.7 Å². The van der Waals surface area contributed by atoms with E-state index in [9.17, 15) is 10.1 Å². The zero-order chi connectivity index (χ0) is 19.5. The van der Waals surface area contributed by atoms with E-state index in [1.165, 1.54) is 6.07 Å². The van der Waals surface area contributed by atoms with E-state index < -0.39 is 0 Å². The quantitative estimate of drug-likeness (QED) is 0.238. The van der Waals surface area contributed by atoms with E-state index in [-0.39, 0.29) is 10.6 Å². The summed E-state index contributed by atoms with van der Waals surface area (Å²) in [5.74, 6) is 0. The highest BCUT2D eigenvalue weighted by atomic mass is 16.6. The molecule has 0 aliphatic carbocycles. The molecule has 0 fully saturated rings. The molecule has 2 aromatic heterocycles. The molecule has 0 amide bonds. The third-order valence-electron chi connectivity index (χ3n) is 5.38. The van der Waals surface area contributed by atoms with Gasteiger partial charge in [0.2, 0.25) is 0 Å². The molecular formula is C24H13NO4. The first kappa shape index (κ1) is 15.9. The van der Waals surface area contributed by atoms with Gasteiger partial charge in [-0.25, -0.2) is 0 Å². The zero-order valence-electron chi connectivity index (χ0n) is 15.1. The van der Waals surface area contributed by atoms with Crippen molar-refractivity contribution >= 4 is 49.6 Å². The Hall–Kier alpha value is -4.12. The highest BCUT2D eigenvalue weighted by molar-refractivity contribution is 6.15. The van der Waals surface area contributed by atoms with Gasteiger partial charge >= 0.3 is 0 Å². The molecule has 5 heteroatoms. The Morgan fingerprint density at radius 1 is 0.621 bits per heavy atom. The van der Waals surface area contributed by atoms with Crippen LogP contribution in [-0.2, 0) is 0 Å². The molecule has 0 atom stereocenters. The van der Waals surface area contributed by atoms with Crippen LogP contribution in [0.5, 0.6) is 0 Å². The average molecular weight is 379 g/mol. The Morgan fingerprint density at radius 2 is 1.28 bits per heavy atom. The minimum atomic E-state index is -0.353. The van der Waals surface area contributed by atoms with Crippen LogP contribution in [0.25, 0.3) is 55.0 Å². The summed E-state index contributed by atoms with van der Waals surface area (Å²) in [6.45, 7) is 0. The number of hydrogen-bond acceptors (Lipinski definition) is 4. The number of furan rings is 2. The Labute approximate surface area is 163 Å². The second-order valence-corrected chi connectivity index (χ2v) is 7.03. The molecule has 5 nitrogen and oxygen atoms in total. The number of nitrogens with zero attached hydrogens (tertiary/aromatic N) is 1. The summed E-state index contributed by atoms with van der Waals surface area (Å²) >= 11 is 0. The maximum Gasteiger partial charge on any atom is 0.277 e. The van der Waals surface area contributed by atoms with Crippen LogP contribution in [0.3, 0.4) is 0 Å². The van der Waals surface area contributed by atoms with Gasteiger partial charge in [-0.1, -0.05) is 36.4 Å². The molecule has 29 heavy (non-hydrogen) atoms. The average Bonchev–Trinajstić information content (AvgIpc) is 3.28. The van der Waals surface area contributed by atoms with E-state index in [1.807, 2.05) is 48.5 Å². The minimum Gasteiger partial charge on any atom is -0.456 e. The van der Waals surface area contributed by atoms with Gasteiger partial charge < -0.3 is 8.83 Å². The van der Waals surface area contributed by atoms with Crippen molar-refractivity contribution in [1.29, 1.82) is 0 Å². The van der Waals surface area contributed by atoms with Crippen molar-refractivity contribution in [3.63, 3.8) is 0 Å². The van der Waals surface area contributed by atoms with Gasteiger partial charge in [0.1, 0.15) is 22.3 Å². The van der Waals surface area contributed by atoms with Crippen LogP contribution in [0.1, 0.15) is 0 Å². The summed E-state index contributed by atoms with van der Waals surface area (Å²) in [4.78, 5) is 11.1. The number of benzene rings is 4. The Kier molecular flexibility index (Phi) is 3.12. The second-order valence-electron chi connectivity index (χ2n) is 7.03. The summed E-state index contributed by atoms with van der Waals surface area (Å²) in [6.07, 6.45) is 0. The third-order valence-corrected chi connectivity index (χ3v) is 5.38. The summed E-state index contributed by atoms with van der Waals surface area (Å²) in [5.41, 5.74) is 4.53. The molecule has 6 rings (SSSR count). The highest BCUT2D eigenvalue weighted by Crippen LogP contribution is 2.39. The lowest BCUT2D eigenvalue weighted by Gasteiger charge is -2.03. The van der Waals surface area contributed by atoms with E-state index in [4.69, 9.17) is 8.83 Å². The number of para-hydroxylation sites is 2. The molecule has 0 aliphatic heterocycles. The monoisotopic (exact) mass is 379 g/mol. The van der Waals surface area contributed by atoms with Gasteiger partial charge in [-0.3, -0.25) is 10.1 Å². The van der Waals surface area contributed by atoms with E-state index in [0.717, 1.165) is 49.4 Å². The van der Waals surface area contributed by atoms with Gasteiger partial charge in [-0.05, 0) is 35.9 Å². The fourth-order valence-corrected chi connectivity index (χ4v) is 4.04. The Bertz CT molecular complexity index is 1590. The van der Waals surface area contributed by atoms with E-state index in [1.54, 1.807) is 18.2 Å². The van der Waals surface area contributed by atoms with Gasteiger partial charge in [0.05, 0.1) is 10.5 Å². The van der Waals surface area contributed by atoms with Crippen molar-refractivity contribution in [2.75, 3.05) is 0 Å². The first-order valence-electron chi connectivity index (χ1n) is 9.20. The predicted molar refractivity (Wildman–Crippen MR) is 113 cm³/mol. The molecule has 0 N–H and O–H groups in total. The fraction of sp³-hybridized carbons (Fsp3) is 0. The van der Waals surface area contributed by atoms with Gasteiger partial charge in [-0.15, -0.1) is 0 Å². The normalized spacial score (nSPS) is 11.7. The molecule has 0 radical (unpaired) electrons. The number of rotatable bonds is 2. The molecule has 6 aromatic rings. The van der Waals surface area contributed by atoms with Gasteiger partial charge in [0, 0.05) is 33.7 Å². The molecule has 0 unspecified atom stereocenters. The summed E-state index contributed by atoms with van der Waals surface area (Å²) in [5, 5.41) is 15.4. The standard InChI is InChI=1S/C24H13NO4/c26-25(27)20-7-3-1-5-15(20)14-9-10-22-17(11-14)19-12-18-16-6-2-4-8-21(16)28-23(18)13-24(19)29-22/h1-13H. The molecular weight excluding hydrogens is 366 g/mol. The third kappa shape index (κ3) is 2.28. The largest absolute Gasteiger partial charge is 0.456 e. The maximum absolute atomic E-state index is 11.4. The lowest BCUT2D eigenvalue weighted by Crippen LogP contribution is -1.91. The SMILES string of the molecule is O=[N+]([O-])c1ccccc1-c1ccc2oc3cc4oc5ccccc5c4cc3c2c1. The Balaban J connectivity index is 1.66. The summed E-state index contributed by atoms with van der Waals surface area (Å²) < 4.78 is 12.0. The van der Waals surface area contributed by atoms with Crippen molar-refractivity contribution < 1.29 is 13.8 Å². The fourth-order valence-electron chi connectivity index (χ4n) is 4.04. The van der Waals surface area contributed by atoms with Crippen molar-refractivity contribution in [1.82, 2.24) is 0 Å². The molecule has 0 saturated carbocycles. The van der Waals surface area contributed by atoms with Crippen molar-refractivity contribution in [3.8, 4) is 11.1 Å². The topological polar surface area (TPSA) is 69.4 Å². The molecule has 4 aromatic carbocycles. The smallest absolute Gasteiger partial charge is 0.277 e. The van der Waals surface area contributed by atoms with E-state index in [0.29, 0.717) is 5.56 Å². The second kappa shape index (κ2) is 5.69. The van der Waals surface area contributed by atoms with Crippen LogP contribution in [0, 0.1) is 10.1 Å². The number of hydrogen-bond donors (Lipinski definition) is 0. The maximum atomic E-state index is 11.4. The predicted octanol–water partition coefficient (Wildman–Crippen LogP) is 7.06. The molecule has 0 spiro atoms. The van der Waals surface area contributed by atoms with Crippen molar-refractivity contribution in [3.05, 3.63) is 89.0 Å². The summed E-state index contributed by atoms with van der Waals surface area (Å²) in [6, 6.07) is 24.3. The van der Waals surface area contributed by atoms with E-state index in [2.05, 4.69) is 6.07 Å².